The molecule has 4 heteroatoms. The third kappa shape index (κ3) is 8.40. The van der Waals surface area contributed by atoms with Crippen LogP contribution in [0.3, 0.4) is 0 Å². The molecule has 0 aliphatic rings. The van der Waals surface area contributed by atoms with E-state index in [2.05, 4.69) is 54.0 Å². The number of hydrogen-bond donors (Lipinski definition) is 1. The number of benzene rings is 1. The van der Waals surface area contributed by atoms with Crippen molar-refractivity contribution in [1.29, 1.82) is 0 Å². The molecule has 0 atom stereocenters. The molecular weight excluding hydrogens is 326 g/mol. The number of ether oxygens (including phenoxy) is 1. The van der Waals surface area contributed by atoms with Crippen molar-refractivity contribution in [3.63, 3.8) is 0 Å². The van der Waals surface area contributed by atoms with Crippen LogP contribution < -0.4 is 10.1 Å². The van der Waals surface area contributed by atoms with Gasteiger partial charge in [0.15, 0.2) is 0 Å². The van der Waals surface area contributed by atoms with Gasteiger partial charge >= 0.3 is 0 Å². The summed E-state index contributed by atoms with van der Waals surface area (Å²) in [5.74, 6) is 0.941. The molecule has 1 aromatic heterocycles. The van der Waals surface area contributed by atoms with Crippen LogP contribution in [-0.2, 0) is 13.2 Å². The van der Waals surface area contributed by atoms with E-state index in [9.17, 15) is 0 Å². The molecule has 128 valence electrons. The molecule has 0 bridgehead atoms. The maximum absolute atomic E-state index is 5.78. The molecule has 0 spiro atoms. The van der Waals surface area contributed by atoms with Crippen molar-refractivity contribution < 1.29 is 4.74 Å². The Morgan fingerprint density at radius 1 is 1.00 bits per heavy atom. The Morgan fingerprint density at radius 2 is 1.78 bits per heavy atom. The first-order chi connectivity index (χ1) is 10.9. The summed E-state index contributed by atoms with van der Waals surface area (Å²) >= 11 is 1.73. The average Bonchev–Trinajstić information content (AvgIpc) is 3.07. The summed E-state index contributed by atoms with van der Waals surface area (Å²) in [5.41, 5.74) is 1.32. The minimum atomic E-state index is 0. The molecule has 0 saturated heterocycles. The van der Waals surface area contributed by atoms with Crippen LogP contribution in [0.2, 0.25) is 0 Å². The van der Waals surface area contributed by atoms with Crippen molar-refractivity contribution in [3.8, 4) is 5.75 Å². The second-order valence-electron chi connectivity index (χ2n) is 5.60. The maximum atomic E-state index is 5.78. The summed E-state index contributed by atoms with van der Waals surface area (Å²) in [6, 6.07) is 12.6. The van der Waals surface area contributed by atoms with E-state index >= 15 is 0 Å². The molecule has 2 nitrogen and oxygen atoms in total. The van der Waals surface area contributed by atoms with E-state index in [0.717, 1.165) is 18.8 Å². The fraction of sp³-hybridized carbons (Fsp3) is 0.474. The lowest BCUT2D eigenvalue weighted by Gasteiger charge is -2.07. The maximum Gasteiger partial charge on any atom is 0.122 e. The second-order valence-corrected chi connectivity index (χ2v) is 6.64. The third-order valence-electron chi connectivity index (χ3n) is 3.67. The molecule has 1 heterocycles. The topological polar surface area (TPSA) is 21.3 Å². The van der Waals surface area contributed by atoms with E-state index in [1.54, 1.807) is 11.3 Å². The molecule has 0 radical (unpaired) electrons. The molecule has 0 amide bonds. The molecule has 2 aromatic rings. The fourth-order valence-electron chi connectivity index (χ4n) is 2.34. The van der Waals surface area contributed by atoms with E-state index in [1.165, 1.54) is 42.5 Å². The van der Waals surface area contributed by atoms with Crippen molar-refractivity contribution >= 4 is 23.7 Å². The molecule has 0 saturated carbocycles. The summed E-state index contributed by atoms with van der Waals surface area (Å²) in [7, 11) is 0. The Labute approximate surface area is 150 Å². The summed E-state index contributed by atoms with van der Waals surface area (Å²) in [5, 5.41) is 5.59. The van der Waals surface area contributed by atoms with Crippen LogP contribution >= 0.6 is 23.7 Å². The molecule has 1 N–H and O–H groups in total. The van der Waals surface area contributed by atoms with E-state index in [1.807, 2.05) is 0 Å². The summed E-state index contributed by atoms with van der Waals surface area (Å²) in [6.07, 6.45) is 6.67. The van der Waals surface area contributed by atoms with Crippen molar-refractivity contribution in [1.82, 2.24) is 5.32 Å². The van der Waals surface area contributed by atoms with E-state index < -0.39 is 0 Å². The van der Waals surface area contributed by atoms with Crippen molar-refractivity contribution in [2.75, 3.05) is 6.54 Å². The molecule has 0 aliphatic carbocycles. The average molecular weight is 354 g/mol. The molecule has 1 aromatic carbocycles. The third-order valence-corrected chi connectivity index (χ3v) is 4.52. The summed E-state index contributed by atoms with van der Waals surface area (Å²) < 4.78 is 5.78. The van der Waals surface area contributed by atoms with Gasteiger partial charge in [-0.15, -0.1) is 23.7 Å². The molecule has 2 rings (SSSR count). The SMILES string of the molecule is CCCCCCCNCc1ccc(OCc2cccs2)cc1.Cl. The first-order valence-corrected chi connectivity index (χ1v) is 9.21. The molecule has 23 heavy (non-hydrogen) atoms. The molecular formula is C19H28ClNOS. The van der Waals surface area contributed by atoms with Gasteiger partial charge in [-0.3, -0.25) is 0 Å². The first kappa shape index (κ1) is 20.0. The fourth-order valence-corrected chi connectivity index (χ4v) is 2.96. The lowest BCUT2D eigenvalue weighted by atomic mass is 10.1. The van der Waals surface area contributed by atoms with Crippen LogP contribution in [0.15, 0.2) is 41.8 Å². The van der Waals surface area contributed by atoms with Gasteiger partial charge in [-0.05, 0) is 42.1 Å². The zero-order valence-electron chi connectivity index (χ0n) is 13.9. The number of thiophene rings is 1. The second kappa shape index (κ2) is 12.4. The van der Waals surface area contributed by atoms with Crippen LogP contribution in [0.1, 0.15) is 49.5 Å². The monoisotopic (exact) mass is 353 g/mol. The van der Waals surface area contributed by atoms with Gasteiger partial charge in [0.05, 0.1) is 0 Å². The first-order valence-electron chi connectivity index (χ1n) is 8.33. The van der Waals surface area contributed by atoms with Crippen molar-refractivity contribution in [2.45, 2.75) is 52.2 Å². The molecule has 0 fully saturated rings. The van der Waals surface area contributed by atoms with E-state index in [4.69, 9.17) is 4.74 Å². The molecule has 0 aliphatic heterocycles. The Morgan fingerprint density at radius 3 is 2.48 bits per heavy atom. The Bertz CT molecular complexity index is 499. The minimum Gasteiger partial charge on any atom is -0.488 e. The van der Waals surface area contributed by atoms with Crippen LogP contribution in [-0.4, -0.2) is 6.54 Å². The highest BCUT2D eigenvalue weighted by molar-refractivity contribution is 7.09. The number of nitrogens with one attached hydrogen (secondary N) is 1. The lowest BCUT2D eigenvalue weighted by molar-refractivity contribution is 0.309. The van der Waals surface area contributed by atoms with Gasteiger partial charge in [0.1, 0.15) is 12.4 Å². The number of hydrogen-bond acceptors (Lipinski definition) is 3. The Hall–Kier alpha value is -1.03. The van der Waals surface area contributed by atoms with Crippen molar-refractivity contribution in [3.05, 3.63) is 52.2 Å². The van der Waals surface area contributed by atoms with E-state index in [0.29, 0.717) is 6.61 Å². The Balaban J connectivity index is 0.00000264. The van der Waals surface area contributed by atoms with Crippen LogP contribution in [0.25, 0.3) is 0 Å². The Kier molecular flexibility index (Phi) is 10.8. The van der Waals surface area contributed by atoms with Gasteiger partial charge in [0, 0.05) is 11.4 Å². The smallest absolute Gasteiger partial charge is 0.122 e. The predicted molar refractivity (Wildman–Crippen MR) is 103 cm³/mol. The number of halogens is 1. The van der Waals surface area contributed by atoms with Gasteiger partial charge < -0.3 is 10.1 Å². The zero-order valence-corrected chi connectivity index (χ0v) is 15.6. The number of unbranched alkanes of at least 4 members (excludes halogenated alkanes) is 4. The van der Waals surface area contributed by atoms with E-state index in [-0.39, 0.29) is 12.4 Å². The summed E-state index contributed by atoms with van der Waals surface area (Å²) in [6.45, 7) is 4.97. The minimum absolute atomic E-state index is 0. The van der Waals surface area contributed by atoms with Crippen LogP contribution in [0.5, 0.6) is 5.75 Å². The van der Waals surface area contributed by atoms with Gasteiger partial charge in [-0.2, -0.15) is 0 Å². The van der Waals surface area contributed by atoms with Gasteiger partial charge in [0.25, 0.3) is 0 Å². The highest BCUT2D eigenvalue weighted by Gasteiger charge is 1.98. The van der Waals surface area contributed by atoms with Gasteiger partial charge in [0.2, 0.25) is 0 Å². The predicted octanol–water partition coefficient (Wildman–Crippen LogP) is 5.81. The normalized spacial score (nSPS) is 10.3. The van der Waals surface area contributed by atoms with Gasteiger partial charge in [-0.1, -0.05) is 50.8 Å². The molecule has 0 unspecified atom stereocenters. The standard InChI is InChI=1S/C19H27NOS.ClH/c1-2-3-4-5-6-13-20-15-17-9-11-18(12-10-17)21-16-19-8-7-14-22-19;/h7-12,14,20H,2-6,13,15-16H2,1H3;1H. The highest BCUT2D eigenvalue weighted by atomic mass is 35.5. The van der Waals surface area contributed by atoms with Crippen LogP contribution in [0, 0.1) is 0 Å². The largest absolute Gasteiger partial charge is 0.488 e. The number of rotatable bonds is 11. The lowest BCUT2D eigenvalue weighted by Crippen LogP contribution is -2.14. The quantitative estimate of drug-likeness (QED) is 0.515. The van der Waals surface area contributed by atoms with Crippen molar-refractivity contribution in [2.24, 2.45) is 0 Å². The van der Waals surface area contributed by atoms with Crippen LogP contribution in [0.4, 0.5) is 0 Å². The highest BCUT2D eigenvalue weighted by Crippen LogP contribution is 2.16. The zero-order chi connectivity index (χ0) is 15.5. The van der Waals surface area contributed by atoms with Gasteiger partial charge in [-0.25, -0.2) is 0 Å². The summed E-state index contributed by atoms with van der Waals surface area (Å²) in [4.78, 5) is 1.26.